The topological polar surface area (TPSA) is 65.6 Å². The van der Waals surface area contributed by atoms with Gasteiger partial charge in [0, 0.05) is 24.4 Å². The highest BCUT2D eigenvalue weighted by Gasteiger charge is 2.34. The van der Waals surface area contributed by atoms with Crippen molar-refractivity contribution in [3.05, 3.63) is 87.4 Å². The van der Waals surface area contributed by atoms with Crippen molar-refractivity contribution in [2.45, 2.75) is 31.5 Å². The number of hydrogen-bond donors (Lipinski definition) is 0. The lowest BCUT2D eigenvalue weighted by Crippen LogP contribution is -2.14. The third kappa shape index (κ3) is 4.11. The van der Waals surface area contributed by atoms with Gasteiger partial charge < -0.3 is 4.57 Å². The molecule has 0 bridgehead atoms. The van der Waals surface area contributed by atoms with Gasteiger partial charge in [-0.15, -0.1) is 0 Å². The Hall–Kier alpha value is -3.79. The number of imidazole rings is 1. The van der Waals surface area contributed by atoms with Crippen molar-refractivity contribution in [3.8, 4) is 22.8 Å². The van der Waals surface area contributed by atoms with E-state index in [4.69, 9.17) is 4.98 Å². The summed E-state index contributed by atoms with van der Waals surface area (Å²) in [6.45, 7) is 0.286. The summed E-state index contributed by atoms with van der Waals surface area (Å²) in [5.74, 6) is 1.36. The predicted octanol–water partition coefficient (Wildman–Crippen LogP) is 5.87. The Kier molecular flexibility index (Phi) is 5.29. The van der Waals surface area contributed by atoms with Crippen LogP contribution in [0, 0.1) is 0 Å². The molecule has 1 saturated carbocycles. The number of rotatable bonds is 5. The number of aryl methyl sites for hydroxylation is 1. The average Bonchev–Trinajstić information content (AvgIpc) is 3.56. The molecule has 0 aliphatic heterocycles. The van der Waals surface area contributed by atoms with Gasteiger partial charge in [-0.3, -0.25) is 9.36 Å². The lowest BCUT2D eigenvalue weighted by molar-refractivity contribution is -0.140. The fraction of sp³-hybridized carbons (Fsp3) is 0.231. The van der Waals surface area contributed by atoms with Gasteiger partial charge in [0.1, 0.15) is 5.82 Å². The molecule has 1 aliphatic carbocycles. The molecule has 6 rings (SSSR count). The van der Waals surface area contributed by atoms with Gasteiger partial charge in [-0.05, 0) is 29.9 Å². The molecule has 182 valence electrons. The minimum absolute atomic E-state index is 0.144. The van der Waals surface area contributed by atoms with Crippen LogP contribution in [-0.2, 0) is 19.8 Å². The smallest absolute Gasteiger partial charge is 0.333 e. The minimum atomic E-state index is -4.50. The monoisotopic (exact) mass is 507 g/mol. The van der Waals surface area contributed by atoms with Crippen molar-refractivity contribution in [1.82, 2.24) is 24.1 Å². The van der Waals surface area contributed by atoms with Crippen LogP contribution in [0.2, 0.25) is 0 Å². The highest BCUT2D eigenvalue weighted by atomic mass is 32.1. The molecule has 36 heavy (non-hydrogen) atoms. The number of thiazole rings is 1. The van der Waals surface area contributed by atoms with E-state index in [1.54, 1.807) is 35.0 Å². The second-order valence-corrected chi connectivity index (χ2v) is 9.95. The molecule has 3 heterocycles. The number of nitrogens with zero attached hydrogens (tertiary/aromatic N) is 5. The van der Waals surface area contributed by atoms with Crippen LogP contribution >= 0.6 is 11.3 Å². The maximum atomic E-state index is 13.0. The second-order valence-electron chi connectivity index (χ2n) is 8.95. The molecule has 0 saturated heterocycles. The molecule has 3 aromatic heterocycles. The van der Waals surface area contributed by atoms with Crippen molar-refractivity contribution in [1.29, 1.82) is 0 Å². The molecule has 0 spiro atoms. The van der Waals surface area contributed by atoms with Crippen molar-refractivity contribution >= 4 is 21.7 Å². The Balaban J connectivity index is 1.32. The van der Waals surface area contributed by atoms with Gasteiger partial charge in [0.15, 0.2) is 17.2 Å². The van der Waals surface area contributed by atoms with Crippen LogP contribution in [0.25, 0.3) is 33.1 Å². The first kappa shape index (κ1) is 22.7. The minimum Gasteiger partial charge on any atom is -0.333 e. The zero-order valence-electron chi connectivity index (χ0n) is 19.2. The summed E-state index contributed by atoms with van der Waals surface area (Å²) >= 11 is 1.09. The quantitative estimate of drug-likeness (QED) is 0.299. The van der Waals surface area contributed by atoms with Crippen LogP contribution in [0.15, 0.2) is 65.7 Å². The van der Waals surface area contributed by atoms with Crippen LogP contribution in [0.4, 0.5) is 13.2 Å². The van der Waals surface area contributed by atoms with Gasteiger partial charge >= 0.3 is 11.0 Å². The summed E-state index contributed by atoms with van der Waals surface area (Å²) in [4.78, 5) is 25.7. The molecule has 0 atom stereocenters. The lowest BCUT2D eigenvalue weighted by atomic mass is 10.0. The molecule has 1 aliphatic rings. The Labute approximate surface area is 207 Å². The molecule has 0 amide bonds. The Morgan fingerprint density at radius 3 is 2.50 bits per heavy atom. The van der Waals surface area contributed by atoms with E-state index in [1.165, 1.54) is 17.2 Å². The van der Waals surface area contributed by atoms with Gasteiger partial charge in [-0.2, -0.15) is 13.2 Å². The molecule has 0 N–H and O–H groups in total. The van der Waals surface area contributed by atoms with Gasteiger partial charge in [0.2, 0.25) is 0 Å². The number of hydrogen-bond acceptors (Lipinski definition) is 5. The molecule has 1 fully saturated rings. The van der Waals surface area contributed by atoms with Gasteiger partial charge in [-0.25, -0.2) is 15.0 Å². The average molecular weight is 508 g/mol. The number of aromatic nitrogens is 5. The molecule has 0 unspecified atom stereocenters. The van der Waals surface area contributed by atoms with E-state index in [2.05, 4.69) is 16.0 Å². The van der Waals surface area contributed by atoms with Gasteiger partial charge in [0.05, 0.1) is 17.4 Å². The molecular formula is C26H20F3N5OS. The predicted molar refractivity (Wildman–Crippen MR) is 132 cm³/mol. The maximum Gasteiger partial charge on any atom is 0.434 e. The normalized spacial score (nSPS) is 14.0. The SMILES string of the molecule is Cn1cc(C(F)(F)F)nc1-c1ccc(Cn2c(=O)sc3cnc(-c4ccccc4C4CC4)nc32)cc1. The highest BCUT2D eigenvalue weighted by Crippen LogP contribution is 2.43. The summed E-state index contributed by atoms with van der Waals surface area (Å²) in [6, 6.07) is 15.1. The molecule has 6 nitrogen and oxygen atoms in total. The van der Waals surface area contributed by atoms with E-state index in [0.29, 0.717) is 27.7 Å². The van der Waals surface area contributed by atoms with E-state index in [0.717, 1.165) is 41.5 Å². The first-order valence-electron chi connectivity index (χ1n) is 11.4. The zero-order chi connectivity index (χ0) is 25.0. The van der Waals surface area contributed by atoms with E-state index >= 15 is 0 Å². The van der Waals surface area contributed by atoms with E-state index in [-0.39, 0.29) is 17.2 Å². The summed E-state index contributed by atoms with van der Waals surface area (Å²) in [5, 5.41) is 0. The molecule has 2 aromatic carbocycles. The third-order valence-electron chi connectivity index (χ3n) is 6.35. The molecule has 0 radical (unpaired) electrons. The Morgan fingerprint density at radius 2 is 1.81 bits per heavy atom. The van der Waals surface area contributed by atoms with Crippen LogP contribution in [-0.4, -0.2) is 24.1 Å². The van der Waals surface area contributed by atoms with E-state index in [9.17, 15) is 18.0 Å². The number of alkyl halides is 3. The van der Waals surface area contributed by atoms with E-state index < -0.39 is 11.9 Å². The lowest BCUT2D eigenvalue weighted by Gasteiger charge is -2.09. The standard InChI is InChI=1S/C26H20F3N5OS/c1-33-14-21(26(27,28)29)31-23(33)17-8-6-15(7-9-17)13-34-24-20(36-25(34)35)12-30-22(32-24)19-5-3-2-4-18(19)16-10-11-16/h2-9,12,14,16H,10-11,13H2,1H3. The number of fused-ring (bicyclic) bond motifs is 1. The summed E-state index contributed by atoms with van der Waals surface area (Å²) < 4.78 is 42.7. The number of halogens is 3. The van der Waals surface area contributed by atoms with Gasteiger partial charge in [-0.1, -0.05) is 59.9 Å². The fourth-order valence-electron chi connectivity index (χ4n) is 4.40. The molecular weight excluding hydrogens is 487 g/mol. The second kappa shape index (κ2) is 8.41. The molecule has 10 heteroatoms. The van der Waals surface area contributed by atoms with Crippen LogP contribution in [0.3, 0.4) is 0 Å². The van der Waals surface area contributed by atoms with Crippen molar-refractivity contribution in [3.63, 3.8) is 0 Å². The van der Waals surface area contributed by atoms with Crippen molar-refractivity contribution in [2.24, 2.45) is 7.05 Å². The molecule has 5 aromatic rings. The maximum absolute atomic E-state index is 13.0. The zero-order valence-corrected chi connectivity index (χ0v) is 20.0. The van der Waals surface area contributed by atoms with Crippen molar-refractivity contribution < 1.29 is 13.2 Å². The highest BCUT2D eigenvalue weighted by molar-refractivity contribution is 7.16. The fourth-order valence-corrected chi connectivity index (χ4v) is 5.20. The van der Waals surface area contributed by atoms with Crippen LogP contribution < -0.4 is 4.87 Å². The Bertz CT molecular complexity index is 1650. The van der Waals surface area contributed by atoms with Crippen molar-refractivity contribution in [2.75, 3.05) is 0 Å². The Morgan fingerprint density at radius 1 is 1.06 bits per heavy atom. The summed E-state index contributed by atoms with van der Waals surface area (Å²) in [7, 11) is 1.53. The van der Waals surface area contributed by atoms with Gasteiger partial charge in [0.25, 0.3) is 0 Å². The van der Waals surface area contributed by atoms with Crippen LogP contribution in [0.5, 0.6) is 0 Å². The first-order valence-corrected chi connectivity index (χ1v) is 12.2. The first-order chi connectivity index (χ1) is 17.3. The van der Waals surface area contributed by atoms with Crippen LogP contribution in [0.1, 0.15) is 35.6 Å². The third-order valence-corrected chi connectivity index (χ3v) is 7.25. The largest absolute Gasteiger partial charge is 0.434 e. The number of benzene rings is 2. The van der Waals surface area contributed by atoms with E-state index in [1.807, 2.05) is 18.2 Å². The summed E-state index contributed by atoms with van der Waals surface area (Å²) in [6.07, 6.45) is 0.491. The summed E-state index contributed by atoms with van der Waals surface area (Å²) in [5.41, 5.74) is 3.25.